The molecule has 0 fully saturated rings. The molecule has 1 atom stereocenters. The first-order valence-corrected chi connectivity index (χ1v) is 6.58. The number of phenols is 2. The van der Waals surface area contributed by atoms with Crippen molar-refractivity contribution in [2.24, 2.45) is 0 Å². The smallest absolute Gasteiger partial charge is 0.251 e. The number of aromatic hydroxyl groups is 2. The summed E-state index contributed by atoms with van der Waals surface area (Å²) in [6.07, 6.45) is 0.507. The Morgan fingerprint density at radius 2 is 1.76 bits per heavy atom. The largest absolute Gasteiger partial charge is 0.504 e. The fourth-order valence-electron chi connectivity index (χ4n) is 1.99. The molecular formula is C16H17NO4. The molecular weight excluding hydrogens is 270 g/mol. The number of carbonyl (C=O) groups is 1. The van der Waals surface area contributed by atoms with Gasteiger partial charge in [-0.25, -0.2) is 0 Å². The summed E-state index contributed by atoms with van der Waals surface area (Å²) < 4.78 is 0. The normalized spacial score (nSPS) is 11.9. The zero-order valence-corrected chi connectivity index (χ0v) is 11.4. The minimum absolute atomic E-state index is 0.190. The molecule has 0 radical (unpaired) electrons. The lowest BCUT2D eigenvalue weighted by Gasteiger charge is -2.16. The summed E-state index contributed by atoms with van der Waals surface area (Å²) in [6, 6.07) is 12.9. The maximum Gasteiger partial charge on any atom is 0.251 e. The SMILES string of the molecule is O=C(NC(CO)Cc1ccccc1)c1ccc(O)c(O)c1. The van der Waals surface area contributed by atoms with Crippen LogP contribution in [0, 0.1) is 0 Å². The molecule has 2 aromatic carbocycles. The van der Waals surface area contributed by atoms with Crippen LogP contribution in [0.5, 0.6) is 11.5 Å². The minimum Gasteiger partial charge on any atom is -0.504 e. The number of aliphatic hydroxyl groups is 1. The van der Waals surface area contributed by atoms with Crippen LogP contribution in [0.4, 0.5) is 0 Å². The highest BCUT2D eigenvalue weighted by molar-refractivity contribution is 5.95. The van der Waals surface area contributed by atoms with Crippen LogP contribution in [-0.4, -0.2) is 33.9 Å². The topological polar surface area (TPSA) is 89.8 Å². The predicted octanol–water partition coefficient (Wildman–Crippen LogP) is 1.43. The van der Waals surface area contributed by atoms with Crippen molar-refractivity contribution in [3.63, 3.8) is 0 Å². The Bertz CT molecular complexity index is 613. The van der Waals surface area contributed by atoms with Gasteiger partial charge >= 0.3 is 0 Å². The van der Waals surface area contributed by atoms with Gasteiger partial charge in [-0.05, 0) is 30.2 Å². The van der Waals surface area contributed by atoms with E-state index in [1.54, 1.807) is 0 Å². The lowest BCUT2D eigenvalue weighted by Crippen LogP contribution is -2.39. The summed E-state index contributed by atoms with van der Waals surface area (Å²) in [7, 11) is 0. The van der Waals surface area contributed by atoms with Gasteiger partial charge in [-0.1, -0.05) is 30.3 Å². The Balaban J connectivity index is 2.04. The van der Waals surface area contributed by atoms with Crippen molar-refractivity contribution >= 4 is 5.91 Å². The van der Waals surface area contributed by atoms with Crippen molar-refractivity contribution in [3.8, 4) is 11.5 Å². The van der Waals surface area contributed by atoms with Gasteiger partial charge in [0.15, 0.2) is 11.5 Å². The molecule has 110 valence electrons. The van der Waals surface area contributed by atoms with Gasteiger partial charge in [0.05, 0.1) is 12.6 Å². The second-order valence-electron chi connectivity index (χ2n) is 4.75. The average molecular weight is 287 g/mol. The molecule has 0 aromatic heterocycles. The van der Waals surface area contributed by atoms with Crippen molar-refractivity contribution in [2.45, 2.75) is 12.5 Å². The second kappa shape index (κ2) is 6.76. The Morgan fingerprint density at radius 3 is 2.38 bits per heavy atom. The first-order chi connectivity index (χ1) is 10.1. The van der Waals surface area contributed by atoms with Crippen LogP contribution in [-0.2, 0) is 6.42 Å². The van der Waals surface area contributed by atoms with E-state index in [4.69, 9.17) is 0 Å². The number of benzene rings is 2. The standard InChI is InChI=1S/C16H17NO4/c18-10-13(8-11-4-2-1-3-5-11)17-16(21)12-6-7-14(19)15(20)9-12/h1-7,9,13,18-20H,8,10H2,(H,17,21). The number of carbonyl (C=O) groups excluding carboxylic acids is 1. The molecule has 0 aliphatic carbocycles. The summed E-state index contributed by atoms with van der Waals surface area (Å²) in [6.45, 7) is -0.190. The van der Waals surface area contributed by atoms with Crippen molar-refractivity contribution in [1.29, 1.82) is 0 Å². The third-order valence-electron chi connectivity index (χ3n) is 3.12. The van der Waals surface area contributed by atoms with Crippen LogP contribution in [0.15, 0.2) is 48.5 Å². The van der Waals surface area contributed by atoms with Gasteiger partial charge in [-0.3, -0.25) is 4.79 Å². The molecule has 1 amide bonds. The highest BCUT2D eigenvalue weighted by Crippen LogP contribution is 2.24. The summed E-state index contributed by atoms with van der Waals surface area (Å²) in [5.41, 5.74) is 1.22. The number of hydrogen-bond donors (Lipinski definition) is 4. The Labute approximate surface area is 122 Å². The molecule has 4 N–H and O–H groups in total. The quantitative estimate of drug-likeness (QED) is 0.626. The van der Waals surface area contributed by atoms with Crippen molar-refractivity contribution in [3.05, 3.63) is 59.7 Å². The second-order valence-corrected chi connectivity index (χ2v) is 4.75. The molecule has 0 heterocycles. The summed E-state index contributed by atoms with van der Waals surface area (Å²) in [4.78, 5) is 12.1. The van der Waals surface area contributed by atoms with Crippen molar-refractivity contribution in [2.75, 3.05) is 6.61 Å². The molecule has 0 saturated carbocycles. The highest BCUT2D eigenvalue weighted by atomic mass is 16.3. The van der Waals surface area contributed by atoms with E-state index < -0.39 is 11.9 Å². The molecule has 5 nitrogen and oxygen atoms in total. The molecule has 21 heavy (non-hydrogen) atoms. The van der Waals surface area contributed by atoms with Gasteiger partial charge in [0.25, 0.3) is 5.91 Å². The first-order valence-electron chi connectivity index (χ1n) is 6.58. The van der Waals surface area contributed by atoms with Gasteiger partial charge in [0.2, 0.25) is 0 Å². The number of amides is 1. The summed E-state index contributed by atoms with van der Waals surface area (Å²) in [5.74, 6) is -1.05. The molecule has 2 rings (SSSR count). The molecule has 2 aromatic rings. The van der Waals surface area contributed by atoms with E-state index in [2.05, 4.69) is 5.32 Å². The molecule has 0 bridgehead atoms. The third-order valence-corrected chi connectivity index (χ3v) is 3.12. The maximum atomic E-state index is 12.1. The van der Waals surface area contributed by atoms with Crippen molar-refractivity contribution < 1.29 is 20.1 Å². The van der Waals surface area contributed by atoms with E-state index >= 15 is 0 Å². The first kappa shape index (κ1) is 14.9. The van der Waals surface area contributed by atoms with Gasteiger partial charge in [-0.15, -0.1) is 0 Å². The zero-order valence-electron chi connectivity index (χ0n) is 11.4. The number of hydrogen-bond acceptors (Lipinski definition) is 4. The number of nitrogens with one attached hydrogen (secondary N) is 1. The average Bonchev–Trinajstić information content (AvgIpc) is 2.50. The van der Waals surface area contributed by atoms with E-state index in [0.717, 1.165) is 5.56 Å². The molecule has 0 spiro atoms. The van der Waals surface area contributed by atoms with Crippen LogP contribution in [0.1, 0.15) is 15.9 Å². The van der Waals surface area contributed by atoms with E-state index in [1.807, 2.05) is 30.3 Å². The van der Waals surface area contributed by atoms with E-state index in [1.165, 1.54) is 18.2 Å². The summed E-state index contributed by atoms with van der Waals surface area (Å²) in [5, 5.41) is 30.7. The minimum atomic E-state index is -0.421. The Hall–Kier alpha value is -2.53. The number of aliphatic hydroxyl groups excluding tert-OH is 1. The van der Waals surface area contributed by atoms with Crippen LogP contribution in [0.2, 0.25) is 0 Å². The van der Waals surface area contributed by atoms with Crippen LogP contribution in [0.3, 0.4) is 0 Å². The third kappa shape index (κ3) is 3.97. The molecule has 0 aliphatic rings. The number of phenolic OH excluding ortho intramolecular Hbond substituents is 2. The van der Waals surface area contributed by atoms with Crippen molar-refractivity contribution in [1.82, 2.24) is 5.32 Å². The Morgan fingerprint density at radius 1 is 1.05 bits per heavy atom. The fourth-order valence-corrected chi connectivity index (χ4v) is 1.99. The predicted molar refractivity (Wildman–Crippen MR) is 78.3 cm³/mol. The Kier molecular flexibility index (Phi) is 4.79. The van der Waals surface area contributed by atoms with Crippen LogP contribution in [0.25, 0.3) is 0 Å². The van der Waals surface area contributed by atoms with Gasteiger partial charge < -0.3 is 20.6 Å². The lowest BCUT2D eigenvalue weighted by molar-refractivity contribution is 0.0916. The molecule has 5 heteroatoms. The van der Waals surface area contributed by atoms with Crippen LogP contribution < -0.4 is 5.32 Å². The van der Waals surface area contributed by atoms with E-state index in [9.17, 15) is 20.1 Å². The van der Waals surface area contributed by atoms with Gasteiger partial charge in [-0.2, -0.15) is 0 Å². The molecule has 0 saturated heterocycles. The molecule has 1 unspecified atom stereocenters. The lowest BCUT2D eigenvalue weighted by atomic mass is 10.1. The van der Waals surface area contributed by atoms with Gasteiger partial charge in [0.1, 0.15) is 0 Å². The zero-order chi connectivity index (χ0) is 15.2. The van der Waals surface area contributed by atoms with Gasteiger partial charge in [0, 0.05) is 5.56 Å². The van der Waals surface area contributed by atoms with Crippen LogP contribution >= 0.6 is 0 Å². The highest BCUT2D eigenvalue weighted by Gasteiger charge is 2.14. The maximum absolute atomic E-state index is 12.1. The van der Waals surface area contributed by atoms with E-state index in [0.29, 0.717) is 6.42 Å². The molecule has 0 aliphatic heterocycles. The van der Waals surface area contributed by atoms with E-state index in [-0.39, 0.29) is 23.7 Å². The monoisotopic (exact) mass is 287 g/mol. The fraction of sp³-hybridized carbons (Fsp3) is 0.188. The summed E-state index contributed by atoms with van der Waals surface area (Å²) >= 11 is 0. The number of rotatable bonds is 5.